The maximum absolute atomic E-state index is 3.98. The summed E-state index contributed by atoms with van der Waals surface area (Å²) in [6.07, 6.45) is 28.3. The van der Waals surface area contributed by atoms with E-state index >= 15 is 0 Å². The maximum atomic E-state index is 3.98. The standard InChI is InChI=1S/C59H42N2/c1-4-22-43(23-5-1)60(57-32-16-20-41-18-10-12-26-47(41)57)45-34-37-51-52-38-35-46(61(44-24-6-2-7-25-44)58-33-17-21-42-19-11-13-27-48(42)58)40-56(52)59(55(51)39-36-45)53-30-9-3-8-28-49(53)50-29-14-15-31-54(50)59/h1-8,10-11,13-19,21-25,27-35,37-41H,12,20,26H2/t41?,59-/m1/s1. The van der Waals surface area contributed by atoms with Crippen LogP contribution in [-0.4, -0.2) is 0 Å². The van der Waals surface area contributed by atoms with Crippen LogP contribution in [0.2, 0.25) is 0 Å². The molecule has 1 unspecified atom stereocenters. The second-order valence-corrected chi connectivity index (χ2v) is 16.5. The second kappa shape index (κ2) is 14.3. The van der Waals surface area contributed by atoms with Crippen molar-refractivity contribution in [2.24, 2.45) is 5.92 Å². The van der Waals surface area contributed by atoms with Gasteiger partial charge >= 0.3 is 0 Å². The molecule has 0 N–H and O–H groups in total. The van der Waals surface area contributed by atoms with Crippen molar-refractivity contribution in [1.29, 1.82) is 0 Å². The normalized spacial score (nSPS) is 20.1. The molecule has 2 nitrogen and oxygen atoms in total. The molecule has 6 aliphatic rings. The third-order valence-corrected chi connectivity index (χ3v) is 13.3. The first-order valence-corrected chi connectivity index (χ1v) is 21.5. The van der Waals surface area contributed by atoms with Gasteiger partial charge in [-0.3, -0.25) is 0 Å². The number of fused-ring (bicyclic) bond motifs is 10. The summed E-state index contributed by atoms with van der Waals surface area (Å²) in [4.78, 5) is 4.87. The summed E-state index contributed by atoms with van der Waals surface area (Å²) in [6, 6.07) is 53.2. The van der Waals surface area contributed by atoms with E-state index in [4.69, 9.17) is 0 Å². The molecule has 0 aliphatic heterocycles. The van der Waals surface area contributed by atoms with Crippen LogP contribution in [-0.2, 0) is 5.41 Å². The highest BCUT2D eigenvalue weighted by molar-refractivity contribution is 6.03. The van der Waals surface area contributed by atoms with Crippen LogP contribution in [0.1, 0.15) is 41.5 Å². The van der Waals surface area contributed by atoms with Crippen molar-refractivity contribution in [2.75, 3.05) is 9.80 Å². The predicted octanol–water partition coefficient (Wildman–Crippen LogP) is 14.7. The van der Waals surface area contributed by atoms with Crippen LogP contribution in [0.4, 0.5) is 22.7 Å². The minimum atomic E-state index is -0.612. The number of hydrogen-bond acceptors (Lipinski definition) is 2. The summed E-state index contributed by atoms with van der Waals surface area (Å²) in [5, 5.41) is 2.42. The largest absolute Gasteiger partial charge is 0.310 e. The van der Waals surface area contributed by atoms with Crippen molar-refractivity contribution in [3.63, 3.8) is 0 Å². The second-order valence-electron chi connectivity index (χ2n) is 16.5. The van der Waals surface area contributed by atoms with E-state index in [1.807, 2.05) is 6.08 Å². The fourth-order valence-electron chi connectivity index (χ4n) is 10.8. The van der Waals surface area contributed by atoms with Crippen molar-refractivity contribution < 1.29 is 0 Å². The molecule has 0 amide bonds. The first-order valence-electron chi connectivity index (χ1n) is 21.5. The van der Waals surface area contributed by atoms with Gasteiger partial charge in [-0.05, 0) is 148 Å². The molecule has 6 aromatic rings. The molecule has 6 aromatic carbocycles. The molecule has 2 atom stereocenters. The van der Waals surface area contributed by atoms with Crippen molar-refractivity contribution in [3.8, 4) is 0 Å². The van der Waals surface area contributed by atoms with Gasteiger partial charge in [0.25, 0.3) is 0 Å². The average molecular weight is 779 g/mol. The van der Waals surface area contributed by atoms with Crippen LogP contribution < -0.4 is 9.80 Å². The van der Waals surface area contributed by atoms with Crippen molar-refractivity contribution in [2.45, 2.75) is 24.7 Å². The first kappa shape index (κ1) is 35.4. The van der Waals surface area contributed by atoms with Gasteiger partial charge < -0.3 is 9.80 Å². The van der Waals surface area contributed by atoms with Gasteiger partial charge in [0, 0.05) is 34.1 Å². The average Bonchev–Trinajstić information content (AvgIpc) is 3.47. The van der Waals surface area contributed by atoms with E-state index in [0.717, 1.165) is 47.7 Å². The highest BCUT2D eigenvalue weighted by atomic mass is 15.2. The molecule has 2 heteroatoms. The van der Waals surface area contributed by atoms with Crippen LogP contribution in [0.3, 0.4) is 0 Å². The molecule has 61 heavy (non-hydrogen) atoms. The zero-order valence-electron chi connectivity index (χ0n) is 33.8. The van der Waals surface area contributed by atoms with Crippen LogP contribution in [0.25, 0.3) is 21.9 Å². The quantitative estimate of drug-likeness (QED) is 0.123. The minimum absolute atomic E-state index is 0.430. The number of benzene rings is 6. The van der Waals surface area contributed by atoms with E-state index < -0.39 is 5.41 Å². The topological polar surface area (TPSA) is 6.48 Å². The van der Waals surface area contributed by atoms with Gasteiger partial charge in [0.2, 0.25) is 0 Å². The van der Waals surface area contributed by atoms with Crippen LogP contribution in [0.5, 0.6) is 0 Å². The van der Waals surface area contributed by atoms with Crippen molar-refractivity contribution >= 4 is 44.7 Å². The fraction of sp³-hybridized carbons (Fsp3) is 0.0847. The summed E-state index contributed by atoms with van der Waals surface area (Å²) < 4.78 is 0. The zero-order chi connectivity index (χ0) is 40.3. The Morgan fingerprint density at radius 1 is 0.574 bits per heavy atom. The lowest BCUT2D eigenvalue weighted by atomic mass is 9.68. The number of nitrogens with zero attached hydrogens (tertiary/aromatic N) is 2. The molecule has 0 bridgehead atoms. The lowest BCUT2D eigenvalue weighted by Gasteiger charge is -2.34. The van der Waals surface area contributed by atoms with E-state index in [2.05, 4.69) is 228 Å². The molecular weight excluding hydrogens is 737 g/mol. The van der Waals surface area contributed by atoms with Gasteiger partial charge in [-0.1, -0.05) is 145 Å². The van der Waals surface area contributed by atoms with Crippen LogP contribution >= 0.6 is 0 Å². The molecule has 0 saturated heterocycles. The monoisotopic (exact) mass is 778 g/mol. The van der Waals surface area contributed by atoms with E-state index in [1.54, 1.807) is 0 Å². The smallest absolute Gasteiger partial charge is 0.0890 e. The van der Waals surface area contributed by atoms with Crippen LogP contribution in [0.15, 0.2) is 252 Å². The molecule has 12 rings (SSSR count). The Morgan fingerprint density at radius 3 is 2.20 bits per heavy atom. The Kier molecular flexibility index (Phi) is 8.29. The minimum Gasteiger partial charge on any atom is -0.310 e. The fourth-order valence-corrected chi connectivity index (χ4v) is 10.8. The van der Waals surface area contributed by atoms with Crippen LogP contribution in [0, 0.1) is 5.92 Å². The molecular formula is C59H42N2. The van der Waals surface area contributed by atoms with Gasteiger partial charge in [-0.25, -0.2) is 0 Å². The summed E-state index contributed by atoms with van der Waals surface area (Å²) in [5.74, 6) is 0.430. The van der Waals surface area contributed by atoms with E-state index in [1.165, 1.54) is 66.6 Å². The molecule has 0 saturated carbocycles. The lowest BCUT2D eigenvalue weighted by Crippen LogP contribution is -2.28. The Labute approximate surface area is 357 Å². The Balaban J connectivity index is 1.11. The number of rotatable bonds is 6. The Hall–Kier alpha value is -7.60. The van der Waals surface area contributed by atoms with Crippen molar-refractivity contribution in [3.05, 3.63) is 274 Å². The zero-order valence-corrected chi connectivity index (χ0v) is 33.8. The molecule has 6 aliphatic carbocycles. The van der Waals surface area contributed by atoms with E-state index in [0.29, 0.717) is 5.92 Å². The molecule has 0 aromatic heterocycles. The molecule has 0 fully saturated rings. The van der Waals surface area contributed by atoms with E-state index in [-0.39, 0.29) is 0 Å². The number of anilines is 4. The van der Waals surface area contributed by atoms with Gasteiger partial charge in [0.15, 0.2) is 0 Å². The number of para-hydroxylation sites is 2. The molecule has 0 radical (unpaired) electrons. The van der Waals surface area contributed by atoms with Gasteiger partial charge in [0.1, 0.15) is 0 Å². The Bertz CT molecular complexity index is 3180. The highest BCUT2D eigenvalue weighted by Crippen LogP contribution is 2.63. The van der Waals surface area contributed by atoms with Gasteiger partial charge in [0.05, 0.1) is 16.8 Å². The summed E-state index contributed by atoms with van der Waals surface area (Å²) >= 11 is 0. The summed E-state index contributed by atoms with van der Waals surface area (Å²) in [7, 11) is 0. The van der Waals surface area contributed by atoms with E-state index in [9.17, 15) is 0 Å². The Morgan fingerprint density at radius 2 is 1.31 bits per heavy atom. The molecule has 1 spiro atoms. The number of allylic oxidation sites excluding steroid dienone is 14. The first-order chi connectivity index (χ1) is 30.3. The third kappa shape index (κ3) is 5.44. The summed E-state index contributed by atoms with van der Waals surface area (Å²) in [6.45, 7) is 0. The summed E-state index contributed by atoms with van der Waals surface area (Å²) in [5.41, 5.74) is 25.2. The highest BCUT2D eigenvalue weighted by Gasteiger charge is 2.53. The van der Waals surface area contributed by atoms with Gasteiger partial charge in [-0.15, -0.1) is 5.73 Å². The predicted molar refractivity (Wildman–Crippen MR) is 254 cm³/mol. The third-order valence-electron chi connectivity index (χ3n) is 13.3. The number of hydrogen-bond donors (Lipinski definition) is 0. The molecule has 288 valence electrons. The van der Waals surface area contributed by atoms with Gasteiger partial charge in [-0.2, -0.15) is 0 Å². The van der Waals surface area contributed by atoms with Crippen molar-refractivity contribution in [1.82, 2.24) is 0 Å². The molecule has 0 heterocycles. The SMILES string of the molecule is C1=CC=CC2=C(C=1)[C@]1(C3=C(C=CC(N(C4=C5CCC=CC5CC=C4)c4ccccc4)=C=C3)c3ccc(N(c4ccccc4)c4cccc5ccccc45)cc31)c1ccccc12. The lowest BCUT2D eigenvalue weighted by molar-refractivity contribution is 0.669. The maximum Gasteiger partial charge on any atom is 0.0890 e.